The van der Waals surface area contributed by atoms with Crippen molar-refractivity contribution in [2.75, 3.05) is 24.5 Å². The summed E-state index contributed by atoms with van der Waals surface area (Å²) < 4.78 is 34.8. The Balaban J connectivity index is 1.81. The van der Waals surface area contributed by atoms with E-state index in [0.717, 1.165) is 39.4 Å². The predicted octanol–water partition coefficient (Wildman–Crippen LogP) is 6.72. The first kappa shape index (κ1) is 35.5. The monoisotopic (exact) mass is 675 g/mol. The topological polar surface area (TPSA) is 96.0 Å². The van der Waals surface area contributed by atoms with Crippen LogP contribution in [0.15, 0.2) is 102 Å². The van der Waals surface area contributed by atoms with Gasteiger partial charge >= 0.3 is 0 Å². The zero-order chi connectivity index (χ0) is 34.0. The van der Waals surface area contributed by atoms with Gasteiger partial charge in [0.1, 0.15) is 18.3 Å². The first-order chi connectivity index (χ1) is 22.5. The van der Waals surface area contributed by atoms with Crippen LogP contribution in [-0.4, -0.2) is 51.4 Å². The average molecular weight is 676 g/mol. The lowest BCUT2D eigenvalue weighted by Crippen LogP contribution is -2.53. The van der Waals surface area contributed by atoms with Crippen molar-refractivity contribution in [2.45, 2.75) is 57.5 Å². The van der Waals surface area contributed by atoms with E-state index in [1.807, 2.05) is 75.4 Å². The number of rotatable bonds is 15. The number of aryl methyl sites for hydroxylation is 2. The fourth-order valence-electron chi connectivity index (χ4n) is 5.24. The molecular weight excluding hydrogens is 634 g/mol. The predicted molar refractivity (Wildman–Crippen MR) is 187 cm³/mol. The number of unbranched alkanes of at least 4 members (excludes halogenated alkanes) is 1. The number of hydrogen-bond acceptors (Lipinski definition) is 5. The summed E-state index contributed by atoms with van der Waals surface area (Å²) in [7, 11) is -2.79. The lowest BCUT2D eigenvalue weighted by Gasteiger charge is -2.34. The highest BCUT2D eigenvalue weighted by Crippen LogP contribution is 2.32. The van der Waals surface area contributed by atoms with Gasteiger partial charge in [-0.1, -0.05) is 103 Å². The highest BCUT2D eigenvalue weighted by Gasteiger charge is 2.35. The molecule has 0 saturated heterocycles. The van der Waals surface area contributed by atoms with Crippen molar-refractivity contribution in [3.8, 4) is 5.75 Å². The van der Waals surface area contributed by atoms with Crippen molar-refractivity contribution in [2.24, 2.45) is 0 Å². The van der Waals surface area contributed by atoms with Gasteiger partial charge in [0, 0.05) is 19.5 Å². The average Bonchev–Trinajstić information content (AvgIpc) is 3.05. The molecule has 47 heavy (non-hydrogen) atoms. The molecule has 2 amide bonds. The third-order valence-corrected chi connectivity index (χ3v) is 9.93. The largest absolute Gasteiger partial charge is 0.495 e. The molecule has 0 spiro atoms. The fourth-order valence-corrected chi connectivity index (χ4v) is 6.90. The van der Waals surface area contributed by atoms with Crippen molar-refractivity contribution in [3.63, 3.8) is 0 Å². The summed E-state index contributed by atoms with van der Waals surface area (Å²) in [4.78, 5) is 30.0. The number of halogens is 1. The van der Waals surface area contributed by atoms with Crippen LogP contribution in [0.4, 0.5) is 5.69 Å². The maximum atomic E-state index is 14.6. The lowest BCUT2D eigenvalue weighted by molar-refractivity contribution is -0.140. The van der Waals surface area contributed by atoms with Crippen LogP contribution in [0.3, 0.4) is 0 Å². The van der Waals surface area contributed by atoms with Crippen molar-refractivity contribution in [3.05, 3.63) is 124 Å². The first-order valence-corrected chi connectivity index (χ1v) is 17.4. The quantitative estimate of drug-likeness (QED) is 0.141. The number of hydrogen-bond donors (Lipinski definition) is 1. The van der Waals surface area contributed by atoms with E-state index in [-0.39, 0.29) is 34.5 Å². The fraction of sp³-hybridized carbons (Fsp3) is 0.297. The Labute approximate surface area is 283 Å². The number of carbonyl (C=O) groups excluding carboxylic acids is 2. The highest BCUT2D eigenvalue weighted by atomic mass is 35.5. The Hall–Kier alpha value is -4.34. The summed E-state index contributed by atoms with van der Waals surface area (Å²) in [5.74, 6) is -0.480. The summed E-state index contributed by atoms with van der Waals surface area (Å²) in [6, 6.07) is 27.3. The van der Waals surface area contributed by atoms with Gasteiger partial charge in [-0.3, -0.25) is 13.9 Å². The molecule has 0 aliphatic rings. The van der Waals surface area contributed by atoms with Crippen LogP contribution in [0.2, 0.25) is 5.02 Å². The molecule has 8 nitrogen and oxygen atoms in total. The van der Waals surface area contributed by atoms with Crippen LogP contribution in [0, 0.1) is 13.8 Å². The number of benzene rings is 4. The molecule has 0 heterocycles. The zero-order valence-electron chi connectivity index (χ0n) is 27.3. The van der Waals surface area contributed by atoms with Gasteiger partial charge < -0.3 is 15.0 Å². The molecule has 10 heteroatoms. The van der Waals surface area contributed by atoms with Crippen molar-refractivity contribution < 1.29 is 22.7 Å². The summed E-state index contributed by atoms with van der Waals surface area (Å²) in [6.45, 7) is 5.85. The van der Waals surface area contributed by atoms with Crippen LogP contribution < -0.4 is 14.4 Å². The summed E-state index contributed by atoms with van der Waals surface area (Å²) in [5.41, 5.74) is 3.77. The van der Waals surface area contributed by atoms with Gasteiger partial charge in [0.15, 0.2) is 0 Å². The molecule has 4 aromatic rings. The van der Waals surface area contributed by atoms with E-state index >= 15 is 0 Å². The molecule has 1 N–H and O–H groups in total. The number of methoxy groups -OCH3 is 1. The van der Waals surface area contributed by atoms with Gasteiger partial charge in [0.05, 0.1) is 22.7 Å². The Morgan fingerprint density at radius 2 is 1.57 bits per heavy atom. The normalized spacial score (nSPS) is 11.9. The van der Waals surface area contributed by atoms with Crippen molar-refractivity contribution >= 4 is 39.1 Å². The number of anilines is 1. The minimum atomic E-state index is -4.25. The van der Waals surface area contributed by atoms with Gasteiger partial charge in [-0.25, -0.2) is 8.42 Å². The number of ether oxygens (including phenoxy) is 1. The van der Waals surface area contributed by atoms with Gasteiger partial charge in [-0.05, 0) is 61.7 Å². The number of amides is 2. The Morgan fingerprint density at radius 1 is 0.872 bits per heavy atom. The molecule has 0 unspecified atom stereocenters. The van der Waals surface area contributed by atoms with Gasteiger partial charge in [0.25, 0.3) is 10.0 Å². The molecule has 0 aliphatic carbocycles. The van der Waals surface area contributed by atoms with Gasteiger partial charge in [-0.15, -0.1) is 0 Å². The minimum absolute atomic E-state index is 0.0196. The van der Waals surface area contributed by atoms with E-state index in [9.17, 15) is 18.0 Å². The Bertz CT molecular complexity index is 1760. The van der Waals surface area contributed by atoms with E-state index in [1.165, 1.54) is 30.2 Å². The lowest BCUT2D eigenvalue weighted by atomic mass is 10.0. The molecular formula is C37H42ClN3O5S. The molecule has 248 valence electrons. The second-order valence-corrected chi connectivity index (χ2v) is 13.8. The third kappa shape index (κ3) is 9.36. The minimum Gasteiger partial charge on any atom is -0.495 e. The second-order valence-electron chi connectivity index (χ2n) is 11.5. The number of sulfonamides is 1. The zero-order valence-corrected chi connectivity index (χ0v) is 28.9. The van der Waals surface area contributed by atoms with E-state index in [1.54, 1.807) is 24.3 Å². The number of nitrogens with zero attached hydrogens (tertiary/aromatic N) is 2. The molecule has 1 atom stereocenters. The molecule has 0 aromatic heterocycles. The van der Waals surface area contributed by atoms with Crippen LogP contribution >= 0.6 is 11.6 Å². The van der Waals surface area contributed by atoms with E-state index in [2.05, 4.69) is 5.32 Å². The smallest absolute Gasteiger partial charge is 0.264 e. The van der Waals surface area contributed by atoms with Crippen LogP contribution in [0.1, 0.15) is 42.0 Å². The third-order valence-electron chi connectivity index (χ3n) is 7.85. The van der Waals surface area contributed by atoms with E-state index in [0.29, 0.717) is 12.3 Å². The maximum absolute atomic E-state index is 14.6. The summed E-state index contributed by atoms with van der Waals surface area (Å²) in [6.07, 6.45) is 1.93. The van der Waals surface area contributed by atoms with E-state index in [4.69, 9.17) is 16.3 Å². The Kier molecular flexibility index (Phi) is 12.4. The molecule has 0 saturated carbocycles. The SMILES string of the molecule is CCCCNC(=O)[C@H](Cc1ccccc1)N(Cc1cccc(C)c1)C(=O)CN(c1ccc(OC)c(Cl)c1)S(=O)(=O)c1ccc(C)cc1. The summed E-state index contributed by atoms with van der Waals surface area (Å²) >= 11 is 6.46. The van der Waals surface area contributed by atoms with Crippen molar-refractivity contribution in [1.29, 1.82) is 0 Å². The van der Waals surface area contributed by atoms with Crippen LogP contribution in [0.25, 0.3) is 0 Å². The first-order valence-electron chi connectivity index (χ1n) is 15.6. The summed E-state index contributed by atoms with van der Waals surface area (Å²) in [5, 5.41) is 3.20. The number of nitrogens with one attached hydrogen (secondary N) is 1. The van der Waals surface area contributed by atoms with Crippen molar-refractivity contribution in [1.82, 2.24) is 10.2 Å². The molecule has 0 fully saturated rings. The van der Waals surface area contributed by atoms with Gasteiger partial charge in [-0.2, -0.15) is 0 Å². The standard InChI is InChI=1S/C37H42ClN3O5S/c1-5-6-21-39-37(43)34(23-29-12-8-7-9-13-29)40(25-30-14-10-11-28(3)22-30)36(42)26-41(31-17-20-35(46-4)33(38)24-31)47(44,45)32-18-15-27(2)16-19-32/h7-20,22,24,34H,5-6,21,23,25-26H2,1-4H3,(H,39,43)/t34-/m0/s1. The van der Waals surface area contributed by atoms with Crippen LogP contribution in [0.5, 0.6) is 5.75 Å². The molecule has 0 aliphatic heterocycles. The maximum Gasteiger partial charge on any atom is 0.264 e. The van der Waals surface area contributed by atoms with E-state index < -0.39 is 28.5 Å². The Morgan fingerprint density at radius 3 is 2.21 bits per heavy atom. The molecule has 0 radical (unpaired) electrons. The van der Waals surface area contributed by atoms with Crippen LogP contribution in [-0.2, 0) is 32.6 Å². The van der Waals surface area contributed by atoms with Gasteiger partial charge in [0.2, 0.25) is 11.8 Å². The highest BCUT2D eigenvalue weighted by molar-refractivity contribution is 7.92. The second kappa shape index (κ2) is 16.5. The number of carbonyl (C=O) groups is 2. The molecule has 4 aromatic carbocycles. The molecule has 4 rings (SSSR count). The molecule has 0 bridgehead atoms.